The minimum absolute atomic E-state index is 0.430. The third-order valence-electron chi connectivity index (χ3n) is 6.76. The van der Waals surface area contributed by atoms with Crippen molar-refractivity contribution >= 4 is 55.7 Å². The largest absolute Gasteiger partial charge is 0.496 e. The number of anilines is 2. The molecule has 0 fully saturated rings. The Morgan fingerprint density at radius 1 is 1.07 bits per heavy atom. The molecular formula is C29H22ClN7O3S. The summed E-state index contributed by atoms with van der Waals surface area (Å²) in [6, 6.07) is 11.6. The van der Waals surface area contributed by atoms with Gasteiger partial charge in [0.25, 0.3) is 5.89 Å². The second-order valence-corrected chi connectivity index (χ2v) is 10.9. The normalized spacial score (nSPS) is 11.5. The first-order valence-electron chi connectivity index (χ1n) is 12.6. The molecule has 0 bridgehead atoms. The smallest absolute Gasteiger partial charge is 0.255 e. The SMILES string of the molecule is COc1cc2c(cc1-c1c(C)noc1C)[nH]c1nc(C)nc(Nc3sc(-c4ncco4)nc3-c3cccc(Cl)c3)c12. The first-order valence-corrected chi connectivity index (χ1v) is 13.8. The number of fused-ring (bicyclic) bond motifs is 3. The highest BCUT2D eigenvalue weighted by molar-refractivity contribution is 7.19. The standard InChI is InChI=1S/C29H22ClN7O3S/c1-13-22(14(2)40-37-13)19-11-20-18(12-21(19)38-4)23-25(34-20)32-15(3)33-26(23)36-28-24(16-6-5-7-17(30)10-16)35-29(41-28)27-31-8-9-39-27/h5-12H,1-4H3,(H2,32,33,34,36). The van der Waals surface area contributed by atoms with Crippen LogP contribution in [-0.2, 0) is 0 Å². The van der Waals surface area contributed by atoms with Gasteiger partial charge in [-0.1, -0.05) is 40.2 Å². The molecule has 0 unspecified atom stereocenters. The van der Waals surface area contributed by atoms with E-state index < -0.39 is 0 Å². The summed E-state index contributed by atoms with van der Waals surface area (Å²) in [6.07, 6.45) is 3.12. The number of ether oxygens (including phenoxy) is 1. The number of hydrogen-bond donors (Lipinski definition) is 2. The van der Waals surface area contributed by atoms with Gasteiger partial charge in [-0.3, -0.25) is 0 Å². The van der Waals surface area contributed by atoms with Gasteiger partial charge in [0.05, 0.1) is 30.0 Å². The lowest BCUT2D eigenvalue weighted by Crippen LogP contribution is -1.98. The van der Waals surface area contributed by atoms with Crippen molar-refractivity contribution in [1.29, 1.82) is 0 Å². The molecule has 2 aromatic carbocycles. The monoisotopic (exact) mass is 583 g/mol. The number of oxazole rings is 1. The number of aryl methyl sites for hydroxylation is 3. The Balaban J connectivity index is 1.42. The molecule has 2 N–H and O–H groups in total. The molecule has 12 heteroatoms. The van der Waals surface area contributed by atoms with Crippen molar-refractivity contribution in [3.63, 3.8) is 0 Å². The van der Waals surface area contributed by atoms with E-state index >= 15 is 0 Å². The predicted molar refractivity (Wildman–Crippen MR) is 159 cm³/mol. The fourth-order valence-electron chi connectivity index (χ4n) is 5.02. The number of methoxy groups -OCH3 is 1. The Kier molecular flexibility index (Phi) is 5.98. The zero-order chi connectivity index (χ0) is 28.2. The second-order valence-electron chi connectivity index (χ2n) is 9.43. The molecule has 5 aromatic heterocycles. The molecule has 0 amide bonds. The van der Waals surface area contributed by atoms with Gasteiger partial charge < -0.3 is 24.0 Å². The number of aromatic nitrogens is 6. The maximum absolute atomic E-state index is 6.34. The third-order valence-corrected chi connectivity index (χ3v) is 7.95. The minimum Gasteiger partial charge on any atom is -0.496 e. The van der Waals surface area contributed by atoms with Gasteiger partial charge in [-0.05, 0) is 45.0 Å². The fourth-order valence-corrected chi connectivity index (χ4v) is 6.14. The maximum Gasteiger partial charge on any atom is 0.255 e. The first-order chi connectivity index (χ1) is 19.9. The lowest BCUT2D eigenvalue weighted by Gasteiger charge is -2.10. The summed E-state index contributed by atoms with van der Waals surface area (Å²) in [4.78, 5) is 22.1. The molecule has 5 heterocycles. The summed E-state index contributed by atoms with van der Waals surface area (Å²) in [5.41, 5.74) is 5.68. The highest BCUT2D eigenvalue weighted by Gasteiger charge is 2.23. The fraction of sp³-hybridized carbons (Fsp3) is 0.138. The predicted octanol–water partition coefficient (Wildman–Crippen LogP) is 7.88. The number of H-pyrrole nitrogens is 1. The van der Waals surface area contributed by atoms with Crippen LogP contribution in [0.4, 0.5) is 10.8 Å². The van der Waals surface area contributed by atoms with Crippen LogP contribution < -0.4 is 10.1 Å². The lowest BCUT2D eigenvalue weighted by molar-refractivity contribution is 0.393. The number of halogens is 1. The summed E-state index contributed by atoms with van der Waals surface area (Å²) in [5.74, 6) is 3.06. The Hall–Kier alpha value is -4.74. The molecule has 41 heavy (non-hydrogen) atoms. The molecule has 10 nitrogen and oxygen atoms in total. The molecule has 0 aliphatic carbocycles. The van der Waals surface area contributed by atoms with Crippen LogP contribution in [0.25, 0.3) is 55.2 Å². The second kappa shape index (κ2) is 9.72. The van der Waals surface area contributed by atoms with Crippen molar-refractivity contribution in [1.82, 2.24) is 30.1 Å². The van der Waals surface area contributed by atoms with Crippen molar-refractivity contribution in [2.45, 2.75) is 20.8 Å². The average Bonchev–Trinajstić information content (AvgIpc) is 3.74. The average molecular weight is 584 g/mol. The number of hydrogen-bond acceptors (Lipinski definition) is 10. The van der Waals surface area contributed by atoms with Crippen molar-refractivity contribution in [2.75, 3.05) is 12.4 Å². The van der Waals surface area contributed by atoms with E-state index in [0.717, 1.165) is 49.4 Å². The number of benzene rings is 2. The summed E-state index contributed by atoms with van der Waals surface area (Å²) in [5, 5.41) is 11.4. The molecule has 7 rings (SSSR count). The van der Waals surface area contributed by atoms with Crippen LogP contribution in [0, 0.1) is 20.8 Å². The van der Waals surface area contributed by atoms with Crippen LogP contribution in [0.2, 0.25) is 5.02 Å². The van der Waals surface area contributed by atoms with Crippen molar-refractivity contribution < 1.29 is 13.7 Å². The third kappa shape index (κ3) is 4.30. The van der Waals surface area contributed by atoms with Gasteiger partial charge in [-0.2, -0.15) is 0 Å². The van der Waals surface area contributed by atoms with Gasteiger partial charge in [0, 0.05) is 27.1 Å². The van der Waals surface area contributed by atoms with Gasteiger partial charge in [-0.25, -0.2) is 19.9 Å². The summed E-state index contributed by atoms with van der Waals surface area (Å²) in [6.45, 7) is 5.66. The van der Waals surface area contributed by atoms with Crippen molar-refractivity contribution in [2.24, 2.45) is 0 Å². The molecule has 0 aliphatic heterocycles. The number of nitrogens with zero attached hydrogens (tertiary/aromatic N) is 5. The number of rotatable bonds is 6. The highest BCUT2D eigenvalue weighted by atomic mass is 35.5. The molecular weight excluding hydrogens is 562 g/mol. The quantitative estimate of drug-likeness (QED) is 0.201. The molecule has 0 radical (unpaired) electrons. The van der Waals surface area contributed by atoms with E-state index in [2.05, 4.69) is 20.4 Å². The Morgan fingerprint density at radius 3 is 2.68 bits per heavy atom. The van der Waals surface area contributed by atoms with E-state index in [-0.39, 0.29) is 0 Å². The topological polar surface area (TPSA) is 128 Å². The van der Waals surface area contributed by atoms with Crippen LogP contribution in [0.1, 0.15) is 17.3 Å². The number of aromatic amines is 1. The van der Waals surface area contributed by atoms with Crippen molar-refractivity contribution in [3.8, 4) is 39.0 Å². The Bertz CT molecular complexity index is 2060. The summed E-state index contributed by atoms with van der Waals surface area (Å²) in [7, 11) is 1.65. The summed E-state index contributed by atoms with van der Waals surface area (Å²) < 4.78 is 16.8. The Morgan fingerprint density at radius 2 is 1.95 bits per heavy atom. The molecule has 0 spiro atoms. The molecule has 0 saturated carbocycles. The van der Waals surface area contributed by atoms with E-state index in [1.807, 2.05) is 57.2 Å². The lowest BCUT2D eigenvalue weighted by atomic mass is 10.0. The Labute approximate surface area is 242 Å². The zero-order valence-corrected chi connectivity index (χ0v) is 23.9. The van der Waals surface area contributed by atoms with Crippen LogP contribution in [-0.4, -0.2) is 37.2 Å². The van der Waals surface area contributed by atoms with Crippen molar-refractivity contribution in [3.05, 3.63) is 71.2 Å². The minimum atomic E-state index is 0.430. The van der Waals surface area contributed by atoms with Crippen LogP contribution in [0.3, 0.4) is 0 Å². The van der Waals surface area contributed by atoms with Crippen LogP contribution in [0.15, 0.2) is 57.8 Å². The zero-order valence-electron chi connectivity index (χ0n) is 22.4. The van der Waals surface area contributed by atoms with E-state index in [1.54, 1.807) is 13.3 Å². The number of thiazole rings is 1. The van der Waals surface area contributed by atoms with Crippen LogP contribution >= 0.6 is 22.9 Å². The van der Waals surface area contributed by atoms with E-state index in [9.17, 15) is 0 Å². The van der Waals surface area contributed by atoms with Crippen LogP contribution in [0.5, 0.6) is 5.75 Å². The molecule has 0 aliphatic rings. The van der Waals surface area contributed by atoms with E-state index in [4.69, 9.17) is 40.2 Å². The van der Waals surface area contributed by atoms with Gasteiger partial charge >= 0.3 is 0 Å². The molecule has 204 valence electrons. The van der Waals surface area contributed by atoms with Gasteiger partial charge in [0.15, 0.2) is 5.01 Å². The van der Waals surface area contributed by atoms with E-state index in [1.165, 1.54) is 17.6 Å². The van der Waals surface area contributed by atoms with Gasteiger partial charge in [-0.15, -0.1) is 0 Å². The maximum atomic E-state index is 6.34. The van der Waals surface area contributed by atoms with Gasteiger partial charge in [0.1, 0.15) is 45.8 Å². The number of nitrogens with one attached hydrogen (secondary N) is 2. The first kappa shape index (κ1) is 25.2. The molecule has 0 atom stereocenters. The molecule has 0 saturated heterocycles. The van der Waals surface area contributed by atoms with E-state index in [0.29, 0.717) is 44.7 Å². The summed E-state index contributed by atoms with van der Waals surface area (Å²) >= 11 is 7.75. The highest BCUT2D eigenvalue weighted by Crippen LogP contribution is 2.43. The van der Waals surface area contributed by atoms with Gasteiger partial charge in [0.2, 0.25) is 0 Å². The molecule has 7 aromatic rings.